The molecule has 6 heteroatoms. The molecule has 0 saturated carbocycles. The van der Waals surface area contributed by atoms with Crippen LogP contribution in [-0.2, 0) is 0 Å². The highest BCUT2D eigenvalue weighted by molar-refractivity contribution is 9.10. The zero-order valence-corrected chi connectivity index (χ0v) is 13.6. The highest BCUT2D eigenvalue weighted by atomic mass is 79.9. The molecule has 3 aromatic rings. The number of hydrogen-bond acceptors (Lipinski definition) is 4. The van der Waals surface area contributed by atoms with Crippen molar-refractivity contribution in [3.8, 4) is 22.9 Å². The van der Waals surface area contributed by atoms with E-state index in [2.05, 4.69) is 25.9 Å². The van der Waals surface area contributed by atoms with Gasteiger partial charge in [-0.25, -0.2) is 4.98 Å². The number of aromatic nitrogens is 2. The Morgan fingerprint density at radius 1 is 1.09 bits per heavy atom. The summed E-state index contributed by atoms with van der Waals surface area (Å²) in [5.74, 6) is 1.67. The number of nitrogens with zero attached hydrogens (tertiary/aromatic N) is 1. The molecule has 0 bridgehead atoms. The molecule has 0 radical (unpaired) electrons. The lowest BCUT2D eigenvalue weighted by molar-refractivity contribution is 0.390. The summed E-state index contributed by atoms with van der Waals surface area (Å²) in [5, 5.41) is 0.558. The van der Waals surface area contributed by atoms with Gasteiger partial charge in [0.25, 0.3) is 5.56 Å². The molecular weight excluding hydrogens is 348 g/mol. The Morgan fingerprint density at radius 3 is 2.36 bits per heavy atom. The Balaban J connectivity index is 2.25. The van der Waals surface area contributed by atoms with Gasteiger partial charge in [0.15, 0.2) is 0 Å². The zero-order valence-electron chi connectivity index (χ0n) is 12.0. The molecule has 22 heavy (non-hydrogen) atoms. The summed E-state index contributed by atoms with van der Waals surface area (Å²) in [4.78, 5) is 19.5. The number of rotatable bonds is 3. The molecule has 0 amide bonds. The van der Waals surface area contributed by atoms with E-state index in [4.69, 9.17) is 9.47 Å². The fourth-order valence-electron chi connectivity index (χ4n) is 2.23. The Morgan fingerprint density at radius 2 is 1.73 bits per heavy atom. The molecule has 0 saturated heterocycles. The molecule has 112 valence electrons. The van der Waals surface area contributed by atoms with Crippen LogP contribution in [0.25, 0.3) is 22.3 Å². The van der Waals surface area contributed by atoms with Crippen LogP contribution in [0.15, 0.2) is 45.7 Å². The summed E-state index contributed by atoms with van der Waals surface area (Å²) in [5.41, 5.74) is 1.17. The van der Waals surface area contributed by atoms with Gasteiger partial charge >= 0.3 is 0 Å². The molecule has 0 unspecified atom stereocenters. The minimum atomic E-state index is -0.179. The van der Waals surface area contributed by atoms with Crippen molar-refractivity contribution >= 4 is 26.8 Å². The fraction of sp³-hybridized carbons (Fsp3) is 0.125. The van der Waals surface area contributed by atoms with Gasteiger partial charge in [-0.3, -0.25) is 4.79 Å². The van der Waals surface area contributed by atoms with Crippen LogP contribution in [0.3, 0.4) is 0 Å². The lowest BCUT2D eigenvalue weighted by Crippen LogP contribution is -2.09. The van der Waals surface area contributed by atoms with Crippen molar-refractivity contribution in [3.63, 3.8) is 0 Å². The first-order chi connectivity index (χ1) is 10.6. The van der Waals surface area contributed by atoms with Crippen LogP contribution in [0.4, 0.5) is 0 Å². The number of methoxy groups -OCH3 is 2. The lowest BCUT2D eigenvalue weighted by atomic mass is 10.1. The Hall–Kier alpha value is -2.34. The van der Waals surface area contributed by atoms with Gasteiger partial charge in [0.05, 0.1) is 25.1 Å². The van der Waals surface area contributed by atoms with Crippen LogP contribution in [0, 0.1) is 0 Å². The van der Waals surface area contributed by atoms with E-state index >= 15 is 0 Å². The molecule has 1 aromatic heterocycles. The third-order valence-corrected chi connectivity index (χ3v) is 4.11. The van der Waals surface area contributed by atoms with Crippen molar-refractivity contribution in [2.75, 3.05) is 14.2 Å². The minimum Gasteiger partial charge on any atom is -0.495 e. The monoisotopic (exact) mass is 360 g/mol. The van der Waals surface area contributed by atoms with Gasteiger partial charge in [-0.15, -0.1) is 0 Å². The van der Waals surface area contributed by atoms with Gasteiger partial charge in [-0.1, -0.05) is 12.1 Å². The first-order valence-corrected chi connectivity index (χ1v) is 7.34. The van der Waals surface area contributed by atoms with E-state index in [1.165, 1.54) is 0 Å². The van der Waals surface area contributed by atoms with Gasteiger partial charge in [0, 0.05) is 5.56 Å². The average molecular weight is 361 g/mol. The van der Waals surface area contributed by atoms with Crippen LogP contribution in [-0.4, -0.2) is 24.2 Å². The van der Waals surface area contributed by atoms with Gasteiger partial charge in [-0.2, -0.15) is 0 Å². The van der Waals surface area contributed by atoms with Crippen LogP contribution in [0.2, 0.25) is 0 Å². The third kappa shape index (κ3) is 2.46. The van der Waals surface area contributed by atoms with Gasteiger partial charge < -0.3 is 14.5 Å². The van der Waals surface area contributed by atoms with Crippen molar-refractivity contribution in [3.05, 3.63) is 51.2 Å². The molecule has 0 aliphatic heterocycles. The summed E-state index contributed by atoms with van der Waals surface area (Å²) in [6.45, 7) is 0. The maximum absolute atomic E-state index is 12.2. The normalized spacial score (nSPS) is 10.7. The molecule has 0 fully saturated rings. The predicted octanol–water partition coefficient (Wildman–Crippen LogP) is 3.37. The molecule has 5 nitrogen and oxygen atoms in total. The molecule has 0 aliphatic carbocycles. The molecule has 2 aromatic carbocycles. The SMILES string of the molecule is COc1cc(-c2nc3ccccc3c(=O)[nH]2)cc(OC)c1Br. The summed E-state index contributed by atoms with van der Waals surface area (Å²) in [6, 6.07) is 10.8. The number of ether oxygens (including phenoxy) is 2. The average Bonchev–Trinajstić information content (AvgIpc) is 2.55. The first-order valence-electron chi connectivity index (χ1n) is 6.55. The molecule has 1 heterocycles. The highest BCUT2D eigenvalue weighted by Gasteiger charge is 2.13. The Bertz CT molecular complexity index is 880. The van der Waals surface area contributed by atoms with Crippen LogP contribution in [0.5, 0.6) is 11.5 Å². The van der Waals surface area contributed by atoms with E-state index in [1.807, 2.05) is 12.1 Å². The second-order valence-corrected chi connectivity index (χ2v) is 5.42. The van der Waals surface area contributed by atoms with Crippen molar-refractivity contribution < 1.29 is 9.47 Å². The van der Waals surface area contributed by atoms with Crippen molar-refractivity contribution in [1.29, 1.82) is 0 Å². The number of hydrogen-bond donors (Lipinski definition) is 1. The van der Waals surface area contributed by atoms with E-state index in [0.717, 1.165) is 0 Å². The molecule has 0 spiro atoms. The second-order valence-electron chi connectivity index (χ2n) is 4.63. The zero-order chi connectivity index (χ0) is 15.7. The van der Waals surface area contributed by atoms with E-state index in [1.54, 1.807) is 38.5 Å². The number of nitrogens with one attached hydrogen (secondary N) is 1. The van der Waals surface area contributed by atoms with E-state index in [-0.39, 0.29) is 5.56 Å². The molecular formula is C16H13BrN2O3. The molecule has 0 atom stereocenters. The van der Waals surface area contributed by atoms with Gasteiger partial charge in [0.1, 0.15) is 21.8 Å². The van der Waals surface area contributed by atoms with Crippen LogP contribution in [0.1, 0.15) is 0 Å². The quantitative estimate of drug-likeness (QED) is 0.777. The number of para-hydroxylation sites is 1. The van der Waals surface area contributed by atoms with Crippen LogP contribution < -0.4 is 15.0 Å². The maximum atomic E-state index is 12.2. The summed E-state index contributed by atoms with van der Waals surface area (Å²) in [6.07, 6.45) is 0. The molecule has 3 rings (SSSR count). The van der Waals surface area contributed by atoms with Crippen molar-refractivity contribution in [2.24, 2.45) is 0 Å². The summed E-state index contributed by atoms with van der Waals surface area (Å²) >= 11 is 3.42. The standard InChI is InChI=1S/C16H13BrN2O3/c1-21-12-7-9(8-13(22-2)14(12)17)15-18-11-6-4-3-5-10(11)16(20)19-15/h3-8H,1-2H3,(H,18,19,20). The smallest absolute Gasteiger partial charge is 0.259 e. The Labute approximate surface area is 135 Å². The molecule has 0 aliphatic rings. The second kappa shape index (κ2) is 5.81. The topological polar surface area (TPSA) is 64.2 Å². The molecule has 1 N–H and O–H groups in total. The highest BCUT2D eigenvalue weighted by Crippen LogP contribution is 2.38. The third-order valence-electron chi connectivity index (χ3n) is 3.33. The number of benzene rings is 2. The largest absolute Gasteiger partial charge is 0.495 e. The lowest BCUT2D eigenvalue weighted by Gasteiger charge is -2.11. The fourth-order valence-corrected chi connectivity index (χ4v) is 2.78. The van der Waals surface area contributed by atoms with E-state index < -0.39 is 0 Å². The number of H-pyrrole nitrogens is 1. The minimum absolute atomic E-state index is 0.179. The maximum Gasteiger partial charge on any atom is 0.259 e. The van der Waals surface area contributed by atoms with E-state index in [9.17, 15) is 4.79 Å². The number of fused-ring (bicyclic) bond motifs is 1. The summed E-state index contributed by atoms with van der Waals surface area (Å²) in [7, 11) is 3.14. The van der Waals surface area contributed by atoms with E-state index in [0.29, 0.717) is 38.3 Å². The Kier molecular flexibility index (Phi) is 3.85. The predicted molar refractivity (Wildman–Crippen MR) is 88.6 cm³/mol. The first kappa shape index (κ1) is 14.6. The van der Waals surface area contributed by atoms with Crippen molar-refractivity contribution in [1.82, 2.24) is 9.97 Å². The number of halogens is 1. The van der Waals surface area contributed by atoms with Crippen LogP contribution >= 0.6 is 15.9 Å². The van der Waals surface area contributed by atoms with Gasteiger partial charge in [0.2, 0.25) is 0 Å². The van der Waals surface area contributed by atoms with Crippen molar-refractivity contribution in [2.45, 2.75) is 0 Å². The number of aromatic amines is 1. The summed E-state index contributed by atoms with van der Waals surface area (Å²) < 4.78 is 11.4. The van der Waals surface area contributed by atoms with Gasteiger partial charge in [-0.05, 0) is 40.2 Å².